The molecule has 2 amide bonds. The molecule has 1 aliphatic heterocycles. The second kappa shape index (κ2) is 7.16. The number of carbonyl (C=O) groups excluding carboxylic acids is 2. The quantitative estimate of drug-likeness (QED) is 0.628. The van der Waals surface area contributed by atoms with E-state index in [-0.39, 0.29) is 34.6 Å². The largest absolute Gasteiger partial charge is 0.454 e. The predicted molar refractivity (Wildman–Crippen MR) is 85.9 cm³/mol. The summed E-state index contributed by atoms with van der Waals surface area (Å²) in [6.45, 7) is 0.0692. The molecule has 0 spiro atoms. The molecule has 10 heteroatoms. The molecule has 2 N–H and O–H groups in total. The minimum absolute atomic E-state index is 0.0431. The van der Waals surface area contributed by atoms with Crippen LogP contribution in [-0.2, 0) is 0 Å². The van der Waals surface area contributed by atoms with Crippen molar-refractivity contribution in [3.05, 3.63) is 53.6 Å². The first-order valence-electron chi connectivity index (χ1n) is 7.18. The standard InChI is InChI=1S/C16H11F3N2O4S/c17-16(18,19)26-11-4-1-9(2-5-11)14(22)20-21-15(23)10-3-6-12-13(7-10)25-8-24-12/h1-7H,8H2,(H,20,22)(H,21,23). The van der Waals surface area contributed by atoms with Gasteiger partial charge in [0.25, 0.3) is 11.8 Å². The number of halogens is 3. The summed E-state index contributed by atoms with van der Waals surface area (Å²) in [6, 6.07) is 9.34. The van der Waals surface area contributed by atoms with Crippen molar-refractivity contribution in [3.8, 4) is 11.5 Å². The minimum atomic E-state index is -4.40. The average Bonchev–Trinajstić information content (AvgIpc) is 3.06. The molecule has 1 aliphatic rings. The minimum Gasteiger partial charge on any atom is -0.454 e. The molecule has 2 aromatic carbocycles. The molecule has 136 valence electrons. The van der Waals surface area contributed by atoms with Gasteiger partial charge in [-0.25, -0.2) is 0 Å². The molecule has 6 nitrogen and oxygen atoms in total. The maximum atomic E-state index is 12.3. The molecular formula is C16H11F3N2O4S. The third kappa shape index (κ3) is 4.39. The molecule has 26 heavy (non-hydrogen) atoms. The zero-order chi connectivity index (χ0) is 18.7. The Kier molecular flexibility index (Phi) is 4.94. The van der Waals surface area contributed by atoms with Gasteiger partial charge in [-0.2, -0.15) is 13.2 Å². The van der Waals surface area contributed by atoms with Gasteiger partial charge in [-0.15, -0.1) is 0 Å². The number of amides is 2. The number of fused-ring (bicyclic) bond motifs is 1. The summed E-state index contributed by atoms with van der Waals surface area (Å²) >= 11 is -0.277. The van der Waals surface area contributed by atoms with Crippen molar-refractivity contribution >= 4 is 23.6 Å². The van der Waals surface area contributed by atoms with Crippen molar-refractivity contribution in [2.24, 2.45) is 0 Å². The summed E-state index contributed by atoms with van der Waals surface area (Å²) < 4.78 is 47.1. The third-order valence-corrected chi connectivity index (χ3v) is 4.01. The Labute approximate surface area is 149 Å². The van der Waals surface area contributed by atoms with E-state index in [9.17, 15) is 22.8 Å². The molecule has 0 saturated heterocycles. The Hall–Kier alpha value is -2.88. The number of ether oxygens (including phenoxy) is 2. The smallest absolute Gasteiger partial charge is 0.446 e. The number of nitrogens with one attached hydrogen (secondary N) is 2. The highest BCUT2D eigenvalue weighted by molar-refractivity contribution is 8.00. The van der Waals surface area contributed by atoms with Crippen LogP contribution in [0.2, 0.25) is 0 Å². The molecule has 2 aromatic rings. The number of thioether (sulfide) groups is 1. The monoisotopic (exact) mass is 384 g/mol. The molecule has 0 radical (unpaired) electrons. The van der Waals surface area contributed by atoms with Crippen LogP contribution in [0.3, 0.4) is 0 Å². The van der Waals surface area contributed by atoms with Gasteiger partial charge in [0.15, 0.2) is 11.5 Å². The lowest BCUT2D eigenvalue weighted by molar-refractivity contribution is -0.0328. The second-order valence-electron chi connectivity index (χ2n) is 5.05. The highest BCUT2D eigenvalue weighted by Crippen LogP contribution is 2.36. The summed E-state index contributed by atoms with van der Waals surface area (Å²) in [5.74, 6) is -0.312. The molecule has 0 bridgehead atoms. The van der Waals surface area contributed by atoms with Crippen LogP contribution in [0.4, 0.5) is 13.2 Å². The zero-order valence-corrected chi connectivity index (χ0v) is 13.7. The fourth-order valence-electron chi connectivity index (χ4n) is 2.10. The van der Waals surface area contributed by atoms with Crippen LogP contribution < -0.4 is 20.3 Å². The van der Waals surface area contributed by atoms with Crippen molar-refractivity contribution in [3.63, 3.8) is 0 Å². The first kappa shape index (κ1) is 17.9. The van der Waals surface area contributed by atoms with Gasteiger partial charge >= 0.3 is 5.51 Å². The third-order valence-electron chi connectivity index (χ3n) is 3.27. The van der Waals surface area contributed by atoms with Crippen molar-refractivity contribution in [1.82, 2.24) is 10.9 Å². The highest BCUT2D eigenvalue weighted by Gasteiger charge is 2.29. The van der Waals surface area contributed by atoms with Gasteiger partial charge < -0.3 is 9.47 Å². The Bertz CT molecular complexity index is 840. The summed E-state index contributed by atoms with van der Waals surface area (Å²) in [5, 5.41) is 0. The van der Waals surface area contributed by atoms with Gasteiger partial charge in [-0.05, 0) is 54.2 Å². The van der Waals surface area contributed by atoms with Crippen molar-refractivity contribution in [2.45, 2.75) is 10.4 Å². The van der Waals surface area contributed by atoms with Crippen molar-refractivity contribution in [1.29, 1.82) is 0 Å². The van der Waals surface area contributed by atoms with Gasteiger partial charge in [0, 0.05) is 16.0 Å². The fourth-order valence-corrected chi connectivity index (χ4v) is 2.64. The number of hydrazine groups is 1. The van der Waals surface area contributed by atoms with E-state index in [1.54, 1.807) is 6.07 Å². The molecule has 0 aromatic heterocycles. The lowest BCUT2D eigenvalue weighted by Crippen LogP contribution is -2.41. The lowest BCUT2D eigenvalue weighted by atomic mass is 10.2. The Morgan fingerprint density at radius 3 is 2.12 bits per heavy atom. The van der Waals surface area contributed by atoms with Crippen LogP contribution in [0.15, 0.2) is 47.4 Å². The number of benzene rings is 2. The van der Waals surface area contributed by atoms with E-state index < -0.39 is 17.3 Å². The number of alkyl halides is 3. The van der Waals surface area contributed by atoms with E-state index in [4.69, 9.17) is 9.47 Å². The number of hydrogen-bond donors (Lipinski definition) is 2. The van der Waals surface area contributed by atoms with Crippen LogP contribution in [0, 0.1) is 0 Å². The number of hydrogen-bond acceptors (Lipinski definition) is 5. The number of rotatable bonds is 3. The zero-order valence-electron chi connectivity index (χ0n) is 12.9. The molecule has 0 unspecified atom stereocenters. The molecule has 0 saturated carbocycles. The Morgan fingerprint density at radius 2 is 1.46 bits per heavy atom. The molecule has 0 aliphatic carbocycles. The first-order valence-corrected chi connectivity index (χ1v) is 7.99. The SMILES string of the molecule is O=C(NNC(=O)c1ccc2c(c1)OCO2)c1ccc(SC(F)(F)F)cc1. The topological polar surface area (TPSA) is 76.7 Å². The molecule has 0 atom stereocenters. The highest BCUT2D eigenvalue weighted by atomic mass is 32.2. The van der Waals surface area contributed by atoms with E-state index in [1.807, 2.05) is 0 Å². The van der Waals surface area contributed by atoms with Crippen molar-refractivity contribution < 1.29 is 32.2 Å². The van der Waals surface area contributed by atoms with Crippen LogP contribution in [0.25, 0.3) is 0 Å². The Morgan fingerprint density at radius 1 is 0.885 bits per heavy atom. The van der Waals surface area contributed by atoms with E-state index in [2.05, 4.69) is 10.9 Å². The van der Waals surface area contributed by atoms with Gasteiger partial charge in [0.2, 0.25) is 6.79 Å². The van der Waals surface area contributed by atoms with Crippen molar-refractivity contribution in [2.75, 3.05) is 6.79 Å². The van der Waals surface area contributed by atoms with Gasteiger partial charge in [0.1, 0.15) is 0 Å². The maximum absolute atomic E-state index is 12.3. The van der Waals surface area contributed by atoms with Crippen LogP contribution in [-0.4, -0.2) is 24.1 Å². The molecule has 3 rings (SSSR count). The molecule has 1 heterocycles. The molecular weight excluding hydrogens is 373 g/mol. The van der Waals surface area contributed by atoms with Gasteiger partial charge in [-0.3, -0.25) is 20.4 Å². The van der Waals surface area contributed by atoms with E-state index in [1.165, 1.54) is 36.4 Å². The normalized spacial score (nSPS) is 12.6. The van der Waals surface area contributed by atoms with E-state index in [0.29, 0.717) is 11.5 Å². The average molecular weight is 384 g/mol. The second-order valence-corrected chi connectivity index (χ2v) is 6.19. The number of carbonyl (C=O) groups is 2. The van der Waals surface area contributed by atoms with Crippen LogP contribution >= 0.6 is 11.8 Å². The summed E-state index contributed by atoms with van der Waals surface area (Å²) in [6.07, 6.45) is 0. The summed E-state index contributed by atoms with van der Waals surface area (Å²) in [4.78, 5) is 24.0. The molecule has 0 fully saturated rings. The Balaban J connectivity index is 1.57. The first-order chi connectivity index (χ1) is 12.3. The maximum Gasteiger partial charge on any atom is 0.446 e. The van der Waals surface area contributed by atoms with Gasteiger partial charge in [-0.1, -0.05) is 0 Å². The predicted octanol–water partition coefficient (Wildman–Crippen LogP) is 3.10. The van der Waals surface area contributed by atoms with E-state index >= 15 is 0 Å². The summed E-state index contributed by atoms with van der Waals surface area (Å²) in [7, 11) is 0. The fraction of sp³-hybridized carbons (Fsp3) is 0.125. The van der Waals surface area contributed by atoms with Gasteiger partial charge in [0.05, 0.1) is 0 Å². The van der Waals surface area contributed by atoms with E-state index in [0.717, 1.165) is 0 Å². The van der Waals surface area contributed by atoms with Crippen LogP contribution in [0.1, 0.15) is 20.7 Å². The lowest BCUT2D eigenvalue weighted by Gasteiger charge is -2.09. The van der Waals surface area contributed by atoms with Crippen LogP contribution in [0.5, 0.6) is 11.5 Å². The summed E-state index contributed by atoms with van der Waals surface area (Å²) in [5.41, 5.74) is 0.355.